The molecule has 0 saturated carbocycles. The van der Waals surface area contributed by atoms with Crippen LogP contribution in [-0.4, -0.2) is 25.0 Å². The maximum atomic E-state index is 5.49. The molecule has 0 aromatic rings. The minimum absolute atomic E-state index is 0.208. The molecule has 1 rings (SSSR count). The average molecular weight is 145 g/mol. The van der Waals surface area contributed by atoms with Gasteiger partial charge in [0.05, 0.1) is 12.7 Å². The molecule has 10 heavy (non-hydrogen) atoms. The van der Waals surface area contributed by atoms with E-state index in [4.69, 9.17) is 15.2 Å². The number of hydrogen-bond acceptors (Lipinski definition) is 3. The third-order valence-corrected chi connectivity index (χ3v) is 1.56. The van der Waals surface area contributed by atoms with Crippen molar-refractivity contribution in [2.45, 2.75) is 32.2 Å². The molecule has 2 N–H and O–H groups in total. The summed E-state index contributed by atoms with van der Waals surface area (Å²) in [5, 5.41) is 0. The molecular formula is C7H15NO2. The monoisotopic (exact) mass is 145 g/mol. The number of ether oxygens (including phenoxy) is 2. The van der Waals surface area contributed by atoms with E-state index in [0.717, 1.165) is 6.42 Å². The lowest BCUT2D eigenvalue weighted by Gasteiger charge is -2.16. The molecule has 1 fully saturated rings. The first kappa shape index (κ1) is 7.98. The molecule has 0 bridgehead atoms. The Bertz CT molecular complexity index is 114. The van der Waals surface area contributed by atoms with E-state index in [-0.39, 0.29) is 11.9 Å². The van der Waals surface area contributed by atoms with Gasteiger partial charge in [0.15, 0.2) is 5.79 Å². The van der Waals surface area contributed by atoms with Crippen molar-refractivity contribution in [1.29, 1.82) is 0 Å². The lowest BCUT2D eigenvalue weighted by molar-refractivity contribution is -0.138. The van der Waals surface area contributed by atoms with Gasteiger partial charge >= 0.3 is 0 Å². The molecule has 1 unspecified atom stereocenters. The molecule has 0 aromatic heterocycles. The summed E-state index contributed by atoms with van der Waals surface area (Å²) in [5.74, 6) is -0.389. The maximum Gasteiger partial charge on any atom is 0.163 e. The molecular weight excluding hydrogens is 130 g/mol. The molecule has 0 amide bonds. The van der Waals surface area contributed by atoms with Gasteiger partial charge in [-0.25, -0.2) is 0 Å². The summed E-state index contributed by atoms with van der Waals surface area (Å²) in [6.07, 6.45) is 1.10. The predicted octanol–water partition coefficient (Wildman–Crippen LogP) is 0.487. The van der Waals surface area contributed by atoms with E-state index in [0.29, 0.717) is 13.2 Å². The Morgan fingerprint density at radius 2 is 2.30 bits per heavy atom. The first-order valence-corrected chi connectivity index (χ1v) is 3.66. The Morgan fingerprint density at radius 3 is 2.70 bits per heavy atom. The van der Waals surface area contributed by atoms with Crippen molar-refractivity contribution >= 4 is 0 Å². The molecule has 0 aromatic carbocycles. The first-order chi connectivity index (χ1) is 4.64. The first-order valence-electron chi connectivity index (χ1n) is 3.66. The van der Waals surface area contributed by atoms with Crippen LogP contribution in [0.2, 0.25) is 0 Å². The van der Waals surface area contributed by atoms with Gasteiger partial charge < -0.3 is 15.2 Å². The van der Waals surface area contributed by atoms with Gasteiger partial charge in [0.1, 0.15) is 0 Å². The fourth-order valence-corrected chi connectivity index (χ4v) is 1.09. The van der Waals surface area contributed by atoms with Crippen molar-refractivity contribution in [1.82, 2.24) is 0 Å². The van der Waals surface area contributed by atoms with Gasteiger partial charge in [0, 0.05) is 0 Å². The normalized spacial score (nSPS) is 30.9. The van der Waals surface area contributed by atoms with E-state index in [1.165, 1.54) is 0 Å². The quantitative estimate of drug-likeness (QED) is 0.615. The average Bonchev–Trinajstić information content (AvgIpc) is 2.12. The van der Waals surface area contributed by atoms with Gasteiger partial charge in [0.25, 0.3) is 0 Å². The van der Waals surface area contributed by atoms with Crippen molar-refractivity contribution in [2.75, 3.05) is 13.2 Å². The summed E-state index contributed by atoms with van der Waals surface area (Å²) >= 11 is 0. The van der Waals surface area contributed by atoms with Crippen LogP contribution in [0.4, 0.5) is 0 Å². The lowest BCUT2D eigenvalue weighted by Crippen LogP contribution is -2.22. The zero-order chi connectivity index (χ0) is 7.61. The highest BCUT2D eigenvalue weighted by Crippen LogP contribution is 2.23. The molecule has 1 aliphatic heterocycles. The molecule has 1 aliphatic rings. The second kappa shape index (κ2) is 2.86. The van der Waals surface area contributed by atoms with E-state index >= 15 is 0 Å². The van der Waals surface area contributed by atoms with Gasteiger partial charge in [-0.05, 0) is 26.8 Å². The lowest BCUT2D eigenvalue weighted by atomic mass is 10.3. The largest absolute Gasteiger partial charge is 0.348 e. The zero-order valence-electron chi connectivity index (χ0n) is 6.59. The summed E-state index contributed by atoms with van der Waals surface area (Å²) in [4.78, 5) is 0. The summed E-state index contributed by atoms with van der Waals surface area (Å²) in [6, 6.07) is 0. The molecule has 1 saturated heterocycles. The standard InChI is InChI=1S/C7H15NO2/c1-7(2)9-5-6(10-7)3-4-8/h6H,3-5,8H2,1-2H3. The topological polar surface area (TPSA) is 44.5 Å². The van der Waals surface area contributed by atoms with Crippen LogP contribution >= 0.6 is 0 Å². The molecule has 1 heterocycles. The summed E-state index contributed by atoms with van der Waals surface area (Å²) in [7, 11) is 0. The molecule has 60 valence electrons. The fraction of sp³-hybridized carbons (Fsp3) is 1.00. The zero-order valence-corrected chi connectivity index (χ0v) is 6.59. The van der Waals surface area contributed by atoms with Gasteiger partial charge in [-0.15, -0.1) is 0 Å². The van der Waals surface area contributed by atoms with Crippen molar-refractivity contribution < 1.29 is 9.47 Å². The van der Waals surface area contributed by atoms with Crippen molar-refractivity contribution in [3.63, 3.8) is 0 Å². The Balaban J connectivity index is 2.29. The maximum absolute atomic E-state index is 5.49. The van der Waals surface area contributed by atoms with E-state index in [1.807, 2.05) is 13.8 Å². The molecule has 0 spiro atoms. The molecule has 0 radical (unpaired) electrons. The smallest absolute Gasteiger partial charge is 0.163 e. The second-order valence-corrected chi connectivity index (χ2v) is 3.03. The van der Waals surface area contributed by atoms with Gasteiger partial charge in [-0.3, -0.25) is 0 Å². The summed E-state index contributed by atoms with van der Waals surface area (Å²) < 4.78 is 10.8. The minimum Gasteiger partial charge on any atom is -0.348 e. The second-order valence-electron chi connectivity index (χ2n) is 3.03. The van der Waals surface area contributed by atoms with E-state index in [1.54, 1.807) is 0 Å². The molecule has 1 atom stereocenters. The van der Waals surface area contributed by atoms with Crippen LogP contribution < -0.4 is 5.73 Å². The van der Waals surface area contributed by atoms with Crippen LogP contribution in [0.1, 0.15) is 20.3 Å². The Hall–Kier alpha value is -0.120. The van der Waals surface area contributed by atoms with Crippen LogP contribution in [0.5, 0.6) is 0 Å². The SMILES string of the molecule is CC1(C)OCC(CCN)O1. The van der Waals surface area contributed by atoms with E-state index in [2.05, 4.69) is 0 Å². The number of rotatable bonds is 2. The molecule has 3 nitrogen and oxygen atoms in total. The van der Waals surface area contributed by atoms with Crippen molar-refractivity contribution in [3.8, 4) is 0 Å². The number of hydrogen-bond donors (Lipinski definition) is 1. The van der Waals surface area contributed by atoms with Gasteiger partial charge in [-0.2, -0.15) is 0 Å². The number of nitrogens with two attached hydrogens (primary N) is 1. The van der Waals surface area contributed by atoms with E-state index in [9.17, 15) is 0 Å². The highest BCUT2D eigenvalue weighted by molar-refractivity contribution is 4.70. The Morgan fingerprint density at radius 1 is 1.60 bits per heavy atom. The third kappa shape index (κ3) is 1.94. The predicted molar refractivity (Wildman–Crippen MR) is 38.6 cm³/mol. The van der Waals surface area contributed by atoms with Crippen LogP contribution in [-0.2, 0) is 9.47 Å². The molecule has 3 heteroatoms. The fourth-order valence-electron chi connectivity index (χ4n) is 1.09. The van der Waals surface area contributed by atoms with Gasteiger partial charge in [0.2, 0.25) is 0 Å². The van der Waals surface area contributed by atoms with Crippen LogP contribution in [0, 0.1) is 0 Å². The van der Waals surface area contributed by atoms with Crippen molar-refractivity contribution in [2.24, 2.45) is 5.73 Å². The van der Waals surface area contributed by atoms with E-state index < -0.39 is 0 Å². The Labute approximate surface area is 61.5 Å². The summed E-state index contributed by atoms with van der Waals surface area (Å²) in [6.45, 7) is 5.20. The third-order valence-electron chi connectivity index (χ3n) is 1.56. The summed E-state index contributed by atoms with van der Waals surface area (Å²) in [5.41, 5.74) is 5.36. The molecule has 0 aliphatic carbocycles. The van der Waals surface area contributed by atoms with Crippen LogP contribution in [0.3, 0.4) is 0 Å². The highest BCUT2D eigenvalue weighted by Gasteiger charge is 2.31. The Kier molecular flexibility index (Phi) is 2.28. The van der Waals surface area contributed by atoms with Crippen LogP contribution in [0.25, 0.3) is 0 Å². The highest BCUT2D eigenvalue weighted by atomic mass is 16.7. The van der Waals surface area contributed by atoms with Crippen molar-refractivity contribution in [3.05, 3.63) is 0 Å². The minimum atomic E-state index is -0.389. The van der Waals surface area contributed by atoms with Crippen LogP contribution in [0.15, 0.2) is 0 Å². The van der Waals surface area contributed by atoms with Gasteiger partial charge in [-0.1, -0.05) is 0 Å².